The highest BCUT2D eigenvalue weighted by molar-refractivity contribution is 7.92. The van der Waals surface area contributed by atoms with Gasteiger partial charge in [-0.15, -0.1) is 0 Å². The molecule has 0 saturated carbocycles. The number of nitrogens with zero attached hydrogens (tertiary/aromatic N) is 1. The Morgan fingerprint density at radius 3 is 2.22 bits per heavy atom. The van der Waals surface area contributed by atoms with Gasteiger partial charge in [-0.1, -0.05) is 17.7 Å². The molecule has 0 aromatic heterocycles. The number of nitrogens with one attached hydrogen (secondary N) is 1. The van der Waals surface area contributed by atoms with Gasteiger partial charge in [-0.05, 0) is 58.1 Å². The minimum absolute atomic E-state index is 0.108. The van der Waals surface area contributed by atoms with E-state index in [9.17, 15) is 18.0 Å². The Hall–Kier alpha value is -1.89. The fourth-order valence-electron chi connectivity index (χ4n) is 3.54. The summed E-state index contributed by atoms with van der Waals surface area (Å²) in [7, 11) is -3.56. The minimum atomic E-state index is -3.56. The highest BCUT2D eigenvalue weighted by Gasteiger charge is 2.32. The number of hydrogen-bond donors (Lipinski definition) is 1. The molecule has 2 rings (SSSR count). The Bertz CT molecular complexity index is 788. The first-order valence-electron chi connectivity index (χ1n) is 9.50. The molecular weight excluding hydrogens is 364 g/mol. The fourth-order valence-corrected chi connectivity index (χ4v) is 4.89. The first kappa shape index (κ1) is 21.4. The fraction of sp³-hybridized carbons (Fsp3) is 0.600. The number of amides is 2. The van der Waals surface area contributed by atoms with Crippen LogP contribution in [0.2, 0.25) is 0 Å². The number of sulfone groups is 1. The van der Waals surface area contributed by atoms with E-state index in [1.807, 2.05) is 32.9 Å². The molecular formula is C20H30N2O4S. The van der Waals surface area contributed by atoms with Crippen LogP contribution in [0.4, 0.5) is 5.69 Å². The largest absolute Gasteiger partial charge is 0.342 e. The molecule has 27 heavy (non-hydrogen) atoms. The van der Waals surface area contributed by atoms with Gasteiger partial charge in [0.15, 0.2) is 9.84 Å². The molecule has 1 aliphatic heterocycles. The van der Waals surface area contributed by atoms with Gasteiger partial charge in [0, 0.05) is 25.2 Å². The van der Waals surface area contributed by atoms with Gasteiger partial charge in [-0.2, -0.15) is 0 Å². The highest BCUT2D eigenvalue weighted by Crippen LogP contribution is 2.22. The lowest BCUT2D eigenvalue weighted by Gasteiger charge is -2.20. The Morgan fingerprint density at radius 1 is 1.11 bits per heavy atom. The second-order valence-electron chi connectivity index (χ2n) is 7.47. The van der Waals surface area contributed by atoms with Gasteiger partial charge in [-0.25, -0.2) is 8.42 Å². The average molecular weight is 395 g/mol. The van der Waals surface area contributed by atoms with Crippen molar-refractivity contribution in [2.75, 3.05) is 24.2 Å². The summed E-state index contributed by atoms with van der Waals surface area (Å²) < 4.78 is 24.9. The molecule has 1 fully saturated rings. The molecule has 6 nitrogen and oxygen atoms in total. The number of likely N-dealkylation sites (tertiary alicyclic amines) is 1. The second kappa shape index (κ2) is 8.87. The average Bonchev–Trinajstić information content (AvgIpc) is 3.11. The summed E-state index contributed by atoms with van der Waals surface area (Å²) in [6.45, 7) is 8.60. The normalized spacial score (nSPS) is 15.6. The summed E-state index contributed by atoms with van der Waals surface area (Å²) in [6, 6.07) is 4.00. The lowest BCUT2D eigenvalue weighted by molar-refractivity contribution is -0.129. The third kappa shape index (κ3) is 5.54. The quantitative estimate of drug-likeness (QED) is 0.771. The number of hydrogen-bond acceptors (Lipinski definition) is 4. The van der Waals surface area contributed by atoms with E-state index in [0.29, 0.717) is 13.1 Å². The van der Waals surface area contributed by atoms with Crippen molar-refractivity contribution >= 4 is 27.3 Å². The molecule has 1 aliphatic rings. The number of carbonyl (C=O) groups excluding carboxylic acids is 2. The maximum Gasteiger partial charge on any atom is 0.240 e. The third-order valence-corrected chi connectivity index (χ3v) is 7.22. The van der Waals surface area contributed by atoms with Gasteiger partial charge in [0.1, 0.15) is 5.25 Å². The van der Waals surface area contributed by atoms with Crippen molar-refractivity contribution in [3.63, 3.8) is 0 Å². The van der Waals surface area contributed by atoms with Crippen molar-refractivity contribution in [2.24, 2.45) is 0 Å². The van der Waals surface area contributed by atoms with Gasteiger partial charge in [0.2, 0.25) is 11.8 Å². The zero-order valence-electron chi connectivity index (χ0n) is 16.7. The molecule has 0 radical (unpaired) electrons. The number of anilines is 1. The minimum Gasteiger partial charge on any atom is -0.342 e. The van der Waals surface area contributed by atoms with E-state index in [0.717, 1.165) is 35.2 Å². The molecule has 1 N–H and O–H groups in total. The Balaban J connectivity index is 1.87. The van der Waals surface area contributed by atoms with Crippen LogP contribution in [0.3, 0.4) is 0 Å². The molecule has 1 heterocycles. The predicted octanol–water partition coefficient (Wildman–Crippen LogP) is 2.76. The zero-order chi connectivity index (χ0) is 20.2. The van der Waals surface area contributed by atoms with Crippen LogP contribution >= 0.6 is 0 Å². The molecule has 150 valence electrons. The summed E-state index contributed by atoms with van der Waals surface area (Å²) >= 11 is 0. The summed E-state index contributed by atoms with van der Waals surface area (Å²) in [5, 5.41) is 1.84. The summed E-state index contributed by atoms with van der Waals surface area (Å²) in [5.41, 5.74) is 3.88. The van der Waals surface area contributed by atoms with Gasteiger partial charge in [-0.3, -0.25) is 9.59 Å². The summed E-state index contributed by atoms with van der Waals surface area (Å²) in [5.74, 6) is -0.686. The predicted molar refractivity (Wildman–Crippen MR) is 108 cm³/mol. The lowest BCUT2D eigenvalue weighted by Crippen LogP contribution is -2.40. The van der Waals surface area contributed by atoms with Crippen LogP contribution in [0.15, 0.2) is 12.1 Å². The van der Waals surface area contributed by atoms with Gasteiger partial charge in [0.05, 0.1) is 5.75 Å². The van der Waals surface area contributed by atoms with Crippen molar-refractivity contribution < 1.29 is 18.0 Å². The molecule has 7 heteroatoms. The number of aryl methyl sites for hydroxylation is 3. The van der Waals surface area contributed by atoms with Gasteiger partial charge < -0.3 is 10.2 Å². The van der Waals surface area contributed by atoms with E-state index >= 15 is 0 Å². The van der Waals surface area contributed by atoms with Crippen molar-refractivity contribution in [2.45, 2.75) is 58.6 Å². The monoisotopic (exact) mass is 394 g/mol. The highest BCUT2D eigenvalue weighted by atomic mass is 32.2. The van der Waals surface area contributed by atoms with Crippen LogP contribution in [-0.2, 0) is 19.4 Å². The van der Waals surface area contributed by atoms with Crippen LogP contribution in [0, 0.1) is 20.8 Å². The zero-order valence-corrected chi connectivity index (χ0v) is 17.5. The first-order chi connectivity index (χ1) is 12.6. The van der Waals surface area contributed by atoms with Crippen LogP contribution < -0.4 is 5.32 Å². The van der Waals surface area contributed by atoms with Crippen molar-refractivity contribution in [3.05, 3.63) is 28.8 Å². The molecule has 1 atom stereocenters. The third-order valence-electron chi connectivity index (χ3n) is 5.08. The number of rotatable bonds is 7. The van der Waals surface area contributed by atoms with E-state index in [2.05, 4.69) is 5.32 Å². The van der Waals surface area contributed by atoms with E-state index < -0.39 is 15.1 Å². The number of benzene rings is 1. The molecule has 0 aliphatic carbocycles. The van der Waals surface area contributed by atoms with Crippen molar-refractivity contribution in [1.82, 2.24) is 4.90 Å². The Kier molecular flexibility index (Phi) is 7.03. The molecule has 1 saturated heterocycles. The van der Waals surface area contributed by atoms with Crippen LogP contribution in [0.1, 0.15) is 49.3 Å². The Labute approximate surface area is 162 Å². The molecule has 0 spiro atoms. The van der Waals surface area contributed by atoms with Gasteiger partial charge >= 0.3 is 0 Å². The molecule has 1 aromatic carbocycles. The van der Waals surface area contributed by atoms with Gasteiger partial charge in [0.25, 0.3) is 0 Å². The molecule has 0 bridgehead atoms. The van der Waals surface area contributed by atoms with Crippen LogP contribution in [0.5, 0.6) is 0 Å². The number of carbonyl (C=O) groups is 2. The van der Waals surface area contributed by atoms with E-state index in [1.165, 1.54) is 6.92 Å². The van der Waals surface area contributed by atoms with E-state index in [-0.39, 0.29) is 30.4 Å². The van der Waals surface area contributed by atoms with Crippen molar-refractivity contribution in [3.8, 4) is 0 Å². The van der Waals surface area contributed by atoms with Crippen LogP contribution in [0.25, 0.3) is 0 Å². The molecule has 1 aromatic rings. The smallest absolute Gasteiger partial charge is 0.240 e. The van der Waals surface area contributed by atoms with Crippen LogP contribution in [-0.4, -0.2) is 49.2 Å². The second-order valence-corrected chi connectivity index (χ2v) is 9.91. The van der Waals surface area contributed by atoms with E-state index in [1.54, 1.807) is 4.90 Å². The summed E-state index contributed by atoms with van der Waals surface area (Å²) in [6.07, 6.45) is 2.17. The van der Waals surface area contributed by atoms with Crippen molar-refractivity contribution in [1.29, 1.82) is 0 Å². The maximum atomic E-state index is 12.4. The Morgan fingerprint density at radius 2 is 1.67 bits per heavy atom. The first-order valence-corrected chi connectivity index (χ1v) is 11.2. The van der Waals surface area contributed by atoms with E-state index in [4.69, 9.17) is 0 Å². The molecule has 1 unspecified atom stereocenters. The topological polar surface area (TPSA) is 83.5 Å². The molecule has 2 amide bonds. The summed E-state index contributed by atoms with van der Waals surface area (Å²) in [4.78, 5) is 26.1. The lowest BCUT2D eigenvalue weighted by atomic mass is 10.0. The maximum absolute atomic E-state index is 12.4. The standard InChI is InChI=1S/C20H30N2O4S/c1-14-12-15(2)19(16(3)13-14)21-18(23)8-7-11-27(25,26)17(4)20(24)22-9-5-6-10-22/h12-13,17H,5-11H2,1-4H3,(H,21,23). The SMILES string of the molecule is Cc1cc(C)c(NC(=O)CCCS(=O)(=O)C(C)C(=O)N2CCCC2)c(C)c1.